The number of nitro benzene ring substituents is 1. The summed E-state index contributed by atoms with van der Waals surface area (Å²) < 4.78 is 18.9. The number of carbonyl (C=O) groups excluding carboxylic acids is 1. The number of fused-ring (bicyclic) bond motifs is 1. The second kappa shape index (κ2) is 6.89. The van der Waals surface area contributed by atoms with Gasteiger partial charge < -0.3 is 9.73 Å². The number of aryl methyl sites for hydroxylation is 1. The highest BCUT2D eigenvalue weighted by atomic mass is 32.1. The number of nitrogens with zero attached hydrogens (tertiary/aromatic N) is 1. The summed E-state index contributed by atoms with van der Waals surface area (Å²) in [6.07, 6.45) is 0. The number of anilines is 1. The van der Waals surface area contributed by atoms with Crippen LogP contribution >= 0.6 is 12.2 Å². The number of rotatable bonds is 3. The Hall–Kier alpha value is -3.33. The lowest BCUT2D eigenvalue weighted by molar-refractivity contribution is -0.387. The van der Waals surface area contributed by atoms with Crippen molar-refractivity contribution < 1.29 is 18.5 Å². The van der Waals surface area contributed by atoms with Gasteiger partial charge in [0.2, 0.25) is 5.82 Å². The summed E-state index contributed by atoms with van der Waals surface area (Å²) >= 11 is 5.03. The molecule has 0 saturated heterocycles. The van der Waals surface area contributed by atoms with Crippen LogP contribution in [0.1, 0.15) is 16.1 Å². The van der Waals surface area contributed by atoms with Crippen LogP contribution in [0, 0.1) is 22.9 Å². The number of furan rings is 1. The topological polar surface area (TPSA) is 97.4 Å². The largest absolute Gasteiger partial charge is 0.451 e. The van der Waals surface area contributed by atoms with Crippen molar-refractivity contribution in [2.24, 2.45) is 0 Å². The predicted molar refractivity (Wildman–Crippen MR) is 97.7 cm³/mol. The van der Waals surface area contributed by atoms with Gasteiger partial charge in [0.25, 0.3) is 5.91 Å². The van der Waals surface area contributed by atoms with Crippen LogP contribution < -0.4 is 10.6 Å². The molecule has 0 unspecified atom stereocenters. The van der Waals surface area contributed by atoms with Crippen molar-refractivity contribution in [3.63, 3.8) is 0 Å². The molecule has 2 N–H and O–H groups in total. The normalized spacial score (nSPS) is 10.5. The van der Waals surface area contributed by atoms with Gasteiger partial charge in [-0.2, -0.15) is 4.39 Å². The van der Waals surface area contributed by atoms with E-state index in [4.69, 9.17) is 16.6 Å². The van der Waals surface area contributed by atoms with E-state index in [1.165, 1.54) is 6.07 Å². The van der Waals surface area contributed by atoms with E-state index in [-0.39, 0.29) is 16.6 Å². The summed E-state index contributed by atoms with van der Waals surface area (Å²) in [5, 5.41) is 16.5. The zero-order chi connectivity index (χ0) is 18.8. The lowest BCUT2D eigenvalue weighted by atomic mass is 10.1. The Labute approximate surface area is 151 Å². The van der Waals surface area contributed by atoms with Crippen molar-refractivity contribution >= 4 is 45.6 Å². The van der Waals surface area contributed by atoms with Gasteiger partial charge in [-0.05, 0) is 37.3 Å². The van der Waals surface area contributed by atoms with Gasteiger partial charge >= 0.3 is 5.69 Å². The molecule has 0 saturated carbocycles. The first-order valence-corrected chi connectivity index (χ1v) is 7.82. The third-order valence-electron chi connectivity index (χ3n) is 3.68. The monoisotopic (exact) mass is 373 g/mol. The first-order chi connectivity index (χ1) is 12.4. The highest BCUT2D eigenvalue weighted by Gasteiger charge is 2.19. The van der Waals surface area contributed by atoms with Crippen LogP contribution in [-0.2, 0) is 0 Å². The van der Waals surface area contributed by atoms with Crippen LogP contribution in [0.3, 0.4) is 0 Å². The Morgan fingerprint density at radius 2 is 2.00 bits per heavy atom. The zero-order valence-corrected chi connectivity index (χ0v) is 14.2. The van der Waals surface area contributed by atoms with Gasteiger partial charge in [-0.1, -0.05) is 18.2 Å². The predicted octanol–water partition coefficient (Wildman–Crippen LogP) is 3.92. The highest BCUT2D eigenvalue weighted by Crippen LogP contribution is 2.25. The fraction of sp³-hybridized carbons (Fsp3) is 0.0588. The number of benzene rings is 2. The molecule has 132 valence electrons. The maximum atomic E-state index is 13.4. The smallest absolute Gasteiger partial charge is 0.306 e. The number of hydrogen-bond acceptors (Lipinski definition) is 5. The highest BCUT2D eigenvalue weighted by molar-refractivity contribution is 7.80. The number of carbonyl (C=O) groups is 1. The molecule has 1 heterocycles. The van der Waals surface area contributed by atoms with E-state index in [2.05, 4.69) is 10.6 Å². The van der Waals surface area contributed by atoms with E-state index in [0.717, 1.165) is 17.5 Å². The van der Waals surface area contributed by atoms with Crippen LogP contribution in [0.4, 0.5) is 15.8 Å². The molecule has 9 heteroatoms. The van der Waals surface area contributed by atoms with Gasteiger partial charge in [0.05, 0.1) is 4.92 Å². The quantitative estimate of drug-likeness (QED) is 0.410. The van der Waals surface area contributed by atoms with Gasteiger partial charge in [0, 0.05) is 22.7 Å². The van der Waals surface area contributed by atoms with E-state index in [1.807, 2.05) is 12.1 Å². The zero-order valence-electron chi connectivity index (χ0n) is 13.4. The fourth-order valence-corrected chi connectivity index (χ4v) is 2.65. The molecule has 0 bridgehead atoms. The van der Waals surface area contributed by atoms with Crippen LogP contribution in [-0.4, -0.2) is 15.9 Å². The SMILES string of the molecule is Cc1c(C(=O)NC(=S)Nc2ccc(F)c([N+](=O)[O-])c2)oc2ccccc12. The van der Waals surface area contributed by atoms with Crippen LogP contribution in [0.15, 0.2) is 46.9 Å². The Balaban J connectivity index is 1.75. The minimum absolute atomic E-state index is 0.101. The number of hydrogen-bond donors (Lipinski definition) is 2. The van der Waals surface area contributed by atoms with E-state index in [9.17, 15) is 19.3 Å². The number of para-hydroxylation sites is 1. The van der Waals surface area contributed by atoms with E-state index < -0.39 is 22.3 Å². The van der Waals surface area contributed by atoms with Crippen molar-refractivity contribution in [2.45, 2.75) is 6.92 Å². The molecular formula is C17H12FN3O4S. The summed E-state index contributed by atoms with van der Waals surface area (Å²) in [6, 6.07) is 10.4. The average Bonchev–Trinajstić information content (AvgIpc) is 2.93. The summed E-state index contributed by atoms with van der Waals surface area (Å²) in [5.41, 5.74) is 0.712. The minimum atomic E-state index is -0.964. The first kappa shape index (κ1) is 17.5. The van der Waals surface area contributed by atoms with Crippen LogP contribution in [0.2, 0.25) is 0 Å². The molecule has 3 rings (SSSR count). The Morgan fingerprint density at radius 1 is 1.27 bits per heavy atom. The molecule has 0 fully saturated rings. The fourth-order valence-electron chi connectivity index (χ4n) is 2.44. The van der Waals surface area contributed by atoms with Crippen molar-refractivity contribution in [3.8, 4) is 0 Å². The first-order valence-electron chi connectivity index (χ1n) is 7.41. The second-order valence-electron chi connectivity index (χ2n) is 5.38. The van der Waals surface area contributed by atoms with E-state index in [0.29, 0.717) is 11.1 Å². The van der Waals surface area contributed by atoms with Gasteiger partial charge in [0.1, 0.15) is 5.58 Å². The summed E-state index contributed by atoms with van der Waals surface area (Å²) in [4.78, 5) is 22.3. The van der Waals surface area contributed by atoms with Gasteiger partial charge in [-0.15, -0.1) is 0 Å². The Bertz CT molecular complexity index is 1050. The summed E-state index contributed by atoms with van der Waals surface area (Å²) in [5.74, 6) is -1.42. The second-order valence-corrected chi connectivity index (χ2v) is 5.79. The van der Waals surface area contributed by atoms with Crippen molar-refractivity contribution in [2.75, 3.05) is 5.32 Å². The minimum Gasteiger partial charge on any atom is -0.451 e. The van der Waals surface area contributed by atoms with Crippen molar-refractivity contribution in [1.29, 1.82) is 0 Å². The lowest BCUT2D eigenvalue weighted by Gasteiger charge is -2.09. The standard InChI is InChI=1S/C17H12FN3O4S/c1-9-11-4-2-3-5-14(11)25-15(9)16(22)20-17(26)19-10-6-7-12(18)13(8-10)21(23)24/h2-8H,1H3,(H2,19,20,22,26). The number of thiocarbonyl (C=S) groups is 1. The molecule has 0 aliphatic carbocycles. The molecule has 3 aromatic rings. The van der Waals surface area contributed by atoms with Gasteiger partial charge in [0.15, 0.2) is 10.9 Å². The molecule has 1 amide bonds. The average molecular weight is 373 g/mol. The molecule has 0 spiro atoms. The third kappa shape index (κ3) is 3.38. The molecular weight excluding hydrogens is 361 g/mol. The molecule has 0 aliphatic heterocycles. The third-order valence-corrected chi connectivity index (χ3v) is 3.88. The van der Waals surface area contributed by atoms with Crippen LogP contribution in [0.25, 0.3) is 11.0 Å². The van der Waals surface area contributed by atoms with E-state index >= 15 is 0 Å². The number of nitrogens with one attached hydrogen (secondary N) is 2. The molecule has 26 heavy (non-hydrogen) atoms. The van der Waals surface area contributed by atoms with Gasteiger partial charge in [-0.3, -0.25) is 20.2 Å². The Kier molecular flexibility index (Phi) is 4.63. The number of nitro groups is 1. The van der Waals surface area contributed by atoms with Crippen molar-refractivity contribution in [3.05, 3.63) is 69.7 Å². The molecule has 0 radical (unpaired) electrons. The molecule has 0 atom stereocenters. The van der Waals surface area contributed by atoms with Gasteiger partial charge in [-0.25, -0.2) is 0 Å². The maximum absolute atomic E-state index is 13.4. The molecule has 1 aromatic heterocycles. The van der Waals surface area contributed by atoms with Crippen molar-refractivity contribution in [1.82, 2.24) is 5.32 Å². The Morgan fingerprint density at radius 3 is 2.69 bits per heavy atom. The summed E-state index contributed by atoms with van der Waals surface area (Å²) in [7, 11) is 0. The lowest BCUT2D eigenvalue weighted by Crippen LogP contribution is -2.34. The maximum Gasteiger partial charge on any atom is 0.306 e. The number of halogens is 1. The summed E-state index contributed by atoms with van der Waals surface area (Å²) in [6.45, 7) is 1.75. The van der Waals surface area contributed by atoms with E-state index in [1.54, 1.807) is 19.1 Å². The number of amides is 1. The molecule has 0 aliphatic rings. The molecule has 7 nitrogen and oxygen atoms in total. The molecule has 2 aromatic carbocycles. The van der Waals surface area contributed by atoms with Crippen LogP contribution in [0.5, 0.6) is 0 Å².